The Morgan fingerprint density at radius 3 is 2.82 bits per heavy atom. The fourth-order valence-electron chi connectivity index (χ4n) is 1.92. The van der Waals surface area contributed by atoms with Gasteiger partial charge in [0.25, 0.3) is 0 Å². The Kier molecular flexibility index (Phi) is 4.37. The maximum absolute atomic E-state index is 3.95. The molecule has 3 heteroatoms. The predicted molar refractivity (Wildman–Crippen MR) is 75.3 cm³/mol. The zero-order chi connectivity index (χ0) is 12.3. The summed E-state index contributed by atoms with van der Waals surface area (Å²) in [5, 5.41) is 3.55. The largest absolute Gasteiger partial charge is 0.309 e. The molecule has 17 heavy (non-hydrogen) atoms. The molecule has 1 N–H and O–H groups in total. The fourth-order valence-corrected chi connectivity index (χ4v) is 2.97. The SMILES string of the molecule is C=C(C)CN(C)Cc1ccc(CNC2CC2)s1. The maximum Gasteiger partial charge on any atom is 0.0328 e. The molecule has 1 aliphatic rings. The van der Waals surface area contributed by atoms with Crippen LogP contribution in [0.4, 0.5) is 0 Å². The van der Waals surface area contributed by atoms with E-state index in [-0.39, 0.29) is 0 Å². The van der Waals surface area contributed by atoms with Crippen molar-refractivity contribution in [3.63, 3.8) is 0 Å². The Labute approximate surface area is 108 Å². The van der Waals surface area contributed by atoms with Gasteiger partial charge in [0.1, 0.15) is 0 Å². The minimum absolute atomic E-state index is 0.798. The molecule has 1 fully saturated rings. The predicted octanol–water partition coefficient (Wildman–Crippen LogP) is 3.01. The van der Waals surface area contributed by atoms with Gasteiger partial charge in [-0.1, -0.05) is 12.2 Å². The highest BCUT2D eigenvalue weighted by atomic mass is 32.1. The van der Waals surface area contributed by atoms with E-state index in [2.05, 4.69) is 42.9 Å². The normalized spacial score (nSPS) is 15.5. The molecular formula is C14H22N2S. The molecule has 0 amide bonds. The Hall–Kier alpha value is -0.640. The average molecular weight is 250 g/mol. The number of likely N-dealkylation sites (N-methyl/N-ethyl adjacent to an activating group) is 1. The first kappa shape index (κ1) is 12.8. The van der Waals surface area contributed by atoms with E-state index in [0.29, 0.717) is 0 Å². The number of hydrogen-bond donors (Lipinski definition) is 1. The molecule has 1 aliphatic carbocycles. The van der Waals surface area contributed by atoms with E-state index in [1.54, 1.807) is 0 Å². The van der Waals surface area contributed by atoms with Crippen LogP contribution in [-0.4, -0.2) is 24.5 Å². The van der Waals surface area contributed by atoms with Crippen LogP contribution < -0.4 is 5.32 Å². The number of rotatable bonds is 7. The van der Waals surface area contributed by atoms with E-state index in [9.17, 15) is 0 Å². The first-order valence-corrected chi connectivity index (χ1v) is 7.09. The monoisotopic (exact) mass is 250 g/mol. The van der Waals surface area contributed by atoms with Crippen LogP contribution >= 0.6 is 11.3 Å². The third kappa shape index (κ3) is 4.62. The van der Waals surface area contributed by atoms with Gasteiger partial charge in [0.15, 0.2) is 0 Å². The summed E-state index contributed by atoms with van der Waals surface area (Å²) in [6.07, 6.45) is 2.72. The fraction of sp³-hybridized carbons (Fsp3) is 0.571. The molecule has 0 bridgehead atoms. The van der Waals surface area contributed by atoms with Crippen molar-refractivity contribution >= 4 is 11.3 Å². The number of nitrogens with zero attached hydrogens (tertiary/aromatic N) is 1. The Morgan fingerprint density at radius 1 is 1.47 bits per heavy atom. The second kappa shape index (κ2) is 5.80. The Bertz CT molecular complexity index is 379. The molecule has 0 unspecified atom stereocenters. The van der Waals surface area contributed by atoms with Gasteiger partial charge in [-0.2, -0.15) is 0 Å². The van der Waals surface area contributed by atoms with Gasteiger partial charge in [-0.05, 0) is 38.9 Å². The number of hydrogen-bond acceptors (Lipinski definition) is 3. The zero-order valence-corrected chi connectivity index (χ0v) is 11.6. The molecule has 94 valence electrons. The summed E-state index contributed by atoms with van der Waals surface area (Å²) in [4.78, 5) is 5.21. The topological polar surface area (TPSA) is 15.3 Å². The van der Waals surface area contributed by atoms with E-state index >= 15 is 0 Å². The number of nitrogens with one attached hydrogen (secondary N) is 1. The lowest BCUT2D eigenvalue weighted by Gasteiger charge is -2.15. The molecule has 0 radical (unpaired) electrons. The van der Waals surface area contributed by atoms with Gasteiger partial charge in [-0.25, -0.2) is 0 Å². The molecule has 2 rings (SSSR count). The minimum Gasteiger partial charge on any atom is -0.309 e. The summed E-state index contributed by atoms with van der Waals surface area (Å²) in [5.74, 6) is 0. The minimum atomic E-state index is 0.798. The summed E-state index contributed by atoms with van der Waals surface area (Å²) < 4.78 is 0. The van der Waals surface area contributed by atoms with E-state index < -0.39 is 0 Å². The lowest BCUT2D eigenvalue weighted by Crippen LogP contribution is -2.18. The van der Waals surface area contributed by atoms with E-state index in [1.807, 2.05) is 11.3 Å². The van der Waals surface area contributed by atoms with Gasteiger partial charge in [0, 0.05) is 35.4 Å². The highest BCUT2D eigenvalue weighted by Gasteiger charge is 2.20. The standard InChI is InChI=1S/C14H22N2S/c1-11(2)9-16(3)10-14-7-6-13(17-14)8-15-12-4-5-12/h6-7,12,15H,1,4-5,8-10H2,2-3H3. The van der Waals surface area contributed by atoms with Gasteiger partial charge in [-0.3, -0.25) is 4.90 Å². The quantitative estimate of drug-likeness (QED) is 0.748. The first-order chi connectivity index (χ1) is 8.13. The van der Waals surface area contributed by atoms with Crippen molar-refractivity contribution in [3.05, 3.63) is 34.0 Å². The summed E-state index contributed by atoms with van der Waals surface area (Å²) in [6.45, 7) is 9.08. The van der Waals surface area contributed by atoms with Crippen molar-refractivity contribution in [2.45, 2.75) is 38.9 Å². The second-order valence-electron chi connectivity index (χ2n) is 5.15. The van der Waals surface area contributed by atoms with E-state index in [4.69, 9.17) is 0 Å². The van der Waals surface area contributed by atoms with Crippen LogP contribution in [0.5, 0.6) is 0 Å². The van der Waals surface area contributed by atoms with E-state index in [0.717, 1.165) is 25.7 Å². The van der Waals surface area contributed by atoms with Crippen molar-refractivity contribution in [1.82, 2.24) is 10.2 Å². The van der Waals surface area contributed by atoms with Gasteiger partial charge in [0.05, 0.1) is 0 Å². The third-order valence-corrected chi connectivity index (χ3v) is 3.90. The molecule has 0 atom stereocenters. The van der Waals surface area contributed by atoms with Crippen molar-refractivity contribution in [3.8, 4) is 0 Å². The molecule has 0 saturated heterocycles. The van der Waals surface area contributed by atoms with Crippen molar-refractivity contribution in [2.24, 2.45) is 0 Å². The lowest BCUT2D eigenvalue weighted by molar-refractivity contribution is 0.359. The van der Waals surface area contributed by atoms with Gasteiger partial charge in [0.2, 0.25) is 0 Å². The van der Waals surface area contributed by atoms with Gasteiger partial charge in [-0.15, -0.1) is 11.3 Å². The van der Waals surface area contributed by atoms with Crippen molar-refractivity contribution < 1.29 is 0 Å². The Morgan fingerprint density at radius 2 is 2.18 bits per heavy atom. The zero-order valence-electron chi connectivity index (χ0n) is 10.8. The summed E-state index contributed by atoms with van der Waals surface area (Å²) >= 11 is 1.92. The second-order valence-corrected chi connectivity index (χ2v) is 6.41. The molecular weight excluding hydrogens is 228 g/mol. The number of thiophene rings is 1. The molecule has 2 nitrogen and oxygen atoms in total. The van der Waals surface area contributed by atoms with E-state index in [1.165, 1.54) is 28.2 Å². The first-order valence-electron chi connectivity index (χ1n) is 6.27. The summed E-state index contributed by atoms with van der Waals surface area (Å²) in [5.41, 5.74) is 1.22. The van der Waals surface area contributed by atoms with Crippen LogP contribution in [0.1, 0.15) is 29.5 Å². The molecule has 1 aromatic rings. The van der Waals surface area contributed by atoms with Crippen LogP contribution in [-0.2, 0) is 13.1 Å². The van der Waals surface area contributed by atoms with Gasteiger partial charge < -0.3 is 5.32 Å². The average Bonchev–Trinajstić information content (AvgIpc) is 2.96. The summed E-state index contributed by atoms with van der Waals surface area (Å²) in [6, 6.07) is 5.31. The van der Waals surface area contributed by atoms with Crippen LogP contribution in [0.25, 0.3) is 0 Å². The van der Waals surface area contributed by atoms with Gasteiger partial charge >= 0.3 is 0 Å². The summed E-state index contributed by atoms with van der Waals surface area (Å²) in [7, 11) is 2.15. The molecule has 1 saturated carbocycles. The molecule has 1 heterocycles. The highest BCUT2D eigenvalue weighted by molar-refractivity contribution is 7.11. The Balaban J connectivity index is 1.77. The van der Waals surface area contributed by atoms with Crippen LogP contribution in [0.3, 0.4) is 0 Å². The highest BCUT2D eigenvalue weighted by Crippen LogP contribution is 2.22. The molecule has 0 spiro atoms. The lowest BCUT2D eigenvalue weighted by atomic mass is 10.3. The third-order valence-electron chi connectivity index (χ3n) is 2.83. The van der Waals surface area contributed by atoms with Crippen LogP contribution in [0.15, 0.2) is 24.3 Å². The maximum atomic E-state index is 3.95. The van der Waals surface area contributed by atoms with Crippen molar-refractivity contribution in [1.29, 1.82) is 0 Å². The van der Waals surface area contributed by atoms with Crippen LogP contribution in [0.2, 0.25) is 0 Å². The molecule has 0 aromatic carbocycles. The molecule has 1 aromatic heterocycles. The molecule has 0 aliphatic heterocycles. The smallest absolute Gasteiger partial charge is 0.0328 e. The van der Waals surface area contributed by atoms with Crippen LogP contribution in [0, 0.1) is 0 Å². The van der Waals surface area contributed by atoms with Crippen molar-refractivity contribution in [2.75, 3.05) is 13.6 Å².